The van der Waals surface area contributed by atoms with Crippen molar-refractivity contribution in [3.8, 4) is 0 Å². The third-order valence-corrected chi connectivity index (χ3v) is 3.47. The molecule has 2 heterocycles. The Morgan fingerprint density at radius 3 is 2.75 bits per heavy atom. The smallest absolute Gasteiger partial charge is 0.308 e. The first-order valence-electron chi connectivity index (χ1n) is 5.91. The summed E-state index contributed by atoms with van der Waals surface area (Å²) in [5, 5.41) is 12.1. The summed E-state index contributed by atoms with van der Waals surface area (Å²) in [6, 6.07) is 0.302. The molecule has 0 radical (unpaired) electrons. The van der Waals surface area contributed by atoms with Gasteiger partial charge in [-0.15, -0.1) is 0 Å². The first kappa shape index (κ1) is 11.4. The summed E-state index contributed by atoms with van der Waals surface area (Å²) >= 11 is 0. The van der Waals surface area contributed by atoms with E-state index in [4.69, 9.17) is 5.11 Å². The van der Waals surface area contributed by atoms with Gasteiger partial charge in [0.1, 0.15) is 0 Å². The minimum Gasteiger partial charge on any atom is -0.481 e. The van der Waals surface area contributed by atoms with Crippen LogP contribution in [-0.4, -0.2) is 47.6 Å². The average molecular weight is 226 g/mol. The number of carboxylic acid groups (broad SMARTS) is 1. The number of aliphatic carboxylic acids is 1. The zero-order chi connectivity index (χ0) is 11.5. The van der Waals surface area contributed by atoms with Crippen LogP contribution >= 0.6 is 0 Å². The fourth-order valence-corrected chi connectivity index (χ4v) is 2.46. The van der Waals surface area contributed by atoms with Crippen molar-refractivity contribution < 1.29 is 14.7 Å². The summed E-state index contributed by atoms with van der Waals surface area (Å²) in [7, 11) is 0. The Morgan fingerprint density at radius 2 is 2.19 bits per heavy atom. The molecule has 2 aliphatic heterocycles. The minimum atomic E-state index is -0.783. The van der Waals surface area contributed by atoms with Crippen LogP contribution in [0, 0.1) is 5.92 Å². The first-order chi connectivity index (χ1) is 7.66. The lowest BCUT2D eigenvalue weighted by Gasteiger charge is -2.18. The van der Waals surface area contributed by atoms with Gasteiger partial charge in [-0.1, -0.05) is 0 Å². The van der Waals surface area contributed by atoms with Crippen molar-refractivity contribution in [2.75, 3.05) is 19.6 Å². The highest BCUT2D eigenvalue weighted by Gasteiger charge is 2.31. The van der Waals surface area contributed by atoms with Crippen LogP contribution in [0.1, 0.15) is 25.7 Å². The van der Waals surface area contributed by atoms with Gasteiger partial charge in [0.05, 0.1) is 5.92 Å². The molecule has 5 nitrogen and oxygen atoms in total. The highest BCUT2D eigenvalue weighted by molar-refractivity contribution is 5.79. The Hall–Kier alpha value is -1.10. The highest BCUT2D eigenvalue weighted by atomic mass is 16.4. The number of hydrogen-bond acceptors (Lipinski definition) is 3. The van der Waals surface area contributed by atoms with Crippen molar-refractivity contribution in [3.05, 3.63) is 0 Å². The predicted octanol–water partition coefficient (Wildman–Crippen LogP) is 0.0616. The molecule has 0 aliphatic carbocycles. The van der Waals surface area contributed by atoms with Gasteiger partial charge >= 0.3 is 5.97 Å². The zero-order valence-corrected chi connectivity index (χ0v) is 9.32. The van der Waals surface area contributed by atoms with Crippen LogP contribution in [0.15, 0.2) is 0 Å². The van der Waals surface area contributed by atoms with Crippen LogP contribution in [0.5, 0.6) is 0 Å². The summed E-state index contributed by atoms with van der Waals surface area (Å²) in [6.07, 6.45) is 3.31. The molecule has 0 aromatic carbocycles. The lowest BCUT2D eigenvalue weighted by atomic mass is 10.1. The number of likely N-dealkylation sites (tertiary alicyclic amines) is 1. The van der Waals surface area contributed by atoms with Crippen LogP contribution in [0.2, 0.25) is 0 Å². The summed E-state index contributed by atoms with van der Waals surface area (Å²) in [5.41, 5.74) is 0. The third-order valence-electron chi connectivity index (χ3n) is 3.47. The molecule has 16 heavy (non-hydrogen) atoms. The molecule has 2 fully saturated rings. The molecule has 0 bridgehead atoms. The Morgan fingerprint density at radius 1 is 1.38 bits per heavy atom. The van der Waals surface area contributed by atoms with Crippen LogP contribution in [0.25, 0.3) is 0 Å². The predicted molar refractivity (Wildman–Crippen MR) is 58.0 cm³/mol. The van der Waals surface area contributed by atoms with Gasteiger partial charge in [0.15, 0.2) is 0 Å². The second-order valence-electron chi connectivity index (χ2n) is 4.66. The molecule has 2 atom stereocenters. The van der Waals surface area contributed by atoms with E-state index in [1.807, 2.05) is 0 Å². The standard InChI is InChI=1S/C11H18N2O3/c14-10(6-9-2-1-4-12-9)13-5-3-8(7-13)11(15)16/h8-9,12H,1-7H2,(H,15,16). The largest absolute Gasteiger partial charge is 0.481 e. The van der Waals surface area contributed by atoms with E-state index in [1.165, 1.54) is 0 Å². The molecule has 1 amide bonds. The molecule has 0 spiro atoms. The molecule has 2 N–H and O–H groups in total. The van der Waals surface area contributed by atoms with Gasteiger partial charge in [-0.3, -0.25) is 9.59 Å². The normalized spacial score (nSPS) is 29.6. The molecule has 2 rings (SSSR count). The van der Waals surface area contributed by atoms with Crippen molar-refractivity contribution >= 4 is 11.9 Å². The van der Waals surface area contributed by atoms with E-state index in [0.717, 1.165) is 19.4 Å². The van der Waals surface area contributed by atoms with Crippen LogP contribution < -0.4 is 5.32 Å². The van der Waals surface area contributed by atoms with E-state index in [9.17, 15) is 9.59 Å². The molecule has 90 valence electrons. The Kier molecular flexibility index (Phi) is 3.43. The maximum absolute atomic E-state index is 11.9. The molecule has 2 unspecified atom stereocenters. The summed E-state index contributed by atoms with van der Waals surface area (Å²) in [6.45, 7) is 1.99. The minimum absolute atomic E-state index is 0.100. The Balaban J connectivity index is 1.79. The van der Waals surface area contributed by atoms with E-state index in [1.54, 1.807) is 4.90 Å². The van der Waals surface area contributed by atoms with E-state index in [0.29, 0.717) is 32.0 Å². The quantitative estimate of drug-likeness (QED) is 0.714. The molecule has 2 saturated heterocycles. The van der Waals surface area contributed by atoms with Crippen LogP contribution in [0.3, 0.4) is 0 Å². The number of hydrogen-bond donors (Lipinski definition) is 2. The maximum atomic E-state index is 11.9. The van der Waals surface area contributed by atoms with Gasteiger partial charge in [0.2, 0.25) is 5.91 Å². The molecule has 2 aliphatic rings. The molecule has 0 saturated carbocycles. The van der Waals surface area contributed by atoms with Crippen molar-refractivity contribution in [2.24, 2.45) is 5.92 Å². The van der Waals surface area contributed by atoms with Gasteiger partial charge in [-0.2, -0.15) is 0 Å². The highest BCUT2D eigenvalue weighted by Crippen LogP contribution is 2.19. The Labute approximate surface area is 94.8 Å². The number of carbonyl (C=O) groups is 2. The zero-order valence-electron chi connectivity index (χ0n) is 9.32. The molecule has 5 heteroatoms. The average Bonchev–Trinajstić information content (AvgIpc) is 2.86. The van der Waals surface area contributed by atoms with Crippen molar-refractivity contribution in [1.82, 2.24) is 10.2 Å². The fourth-order valence-electron chi connectivity index (χ4n) is 2.46. The second-order valence-corrected chi connectivity index (χ2v) is 4.66. The number of rotatable bonds is 3. The van der Waals surface area contributed by atoms with Crippen molar-refractivity contribution in [3.63, 3.8) is 0 Å². The second kappa shape index (κ2) is 4.82. The maximum Gasteiger partial charge on any atom is 0.308 e. The summed E-state index contributed by atoms with van der Waals surface area (Å²) in [4.78, 5) is 24.3. The third kappa shape index (κ3) is 2.52. The topological polar surface area (TPSA) is 69.6 Å². The molecule has 0 aromatic rings. The van der Waals surface area contributed by atoms with Crippen molar-refractivity contribution in [2.45, 2.75) is 31.7 Å². The monoisotopic (exact) mass is 226 g/mol. The summed E-state index contributed by atoms with van der Waals surface area (Å²) in [5.74, 6) is -1.04. The van der Waals surface area contributed by atoms with Gasteiger partial charge in [-0.05, 0) is 25.8 Å². The van der Waals surface area contributed by atoms with Crippen LogP contribution in [-0.2, 0) is 9.59 Å². The van der Waals surface area contributed by atoms with Gasteiger partial charge in [-0.25, -0.2) is 0 Å². The molecule has 0 aromatic heterocycles. The fraction of sp³-hybridized carbons (Fsp3) is 0.818. The van der Waals surface area contributed by atoms with E-state index in [2.05, 4.69) is 5.32 Å². The number of carbonyl (C=O) groups excluding carboxylic acids is 1. The van der Waals surface area contributed by atoms with Gasteiger partial charge in [0, 0.05) is 25.6 Å². The van der Waals surface area contributed by atoms with E-state index in [-0.39, 0.29) is 11.8 Å². The first-order valence-corrected chi connectivity index (χ1v) is 5.91. The van der Waals surface area contributed by atoms with E-state index < -0.39 is 5.97 Å². The van der Waals surface area contributed by atoms with Gasteiger partial charge in [0.25, 0.3) is 0 Å². The Bertz CT molecular complexity index is 287. The molecular weight excluding hydrogens is 208 g/mol. The number of nitrogens with one attached hydrogen (secondary N) is 1. The SMILES string of the molecule is O=C(O)C1CCN(C(=O)CC2CCCN2)C1. The van der Waals surface area contributed by atoms with Gasteiger partial charge < -0.3 is 15.3 Å². The lowest BCUT2D eigenvalue weighted by Crippen LogP contribution is -2.35. The number of nitrogens with zero attached hydrogens (tertiary/aromatic N) is 1. The van der Waals surface area contributed by atoms with Crippen molar-refractivity contribution in [1.29, 1.82) is 0 Å². The molecular formula is C11H18N2O3. The summed E-state index contributed by atoms with van der Waals surface area (Å²) < 4.78 is 0. The number of carboxylic acids is 1. The van der Waals surface area contributed by atoms with Crippen LogP contribution in [0.4, 0.5) is 0 Å². The lowest BCUT2D eigenvalue weighted by molar-refractivity contribution is -0.141. The number of amides is 1. The van der Waals surface area contributed by atoms with E-state index >= 15 is 0 Å².